The number of nitriles is 1. The summed E-state index contributed by atoms with van der Waals surface area (Å²) in [6.45, 7) is 5.66. The molecule has 0 atom stereocenters. The van der Waals surface area contributed by atoms with Crippen LogP contribution < -0.4 is 4.74 Å². The summed E-state index contributed by atoms with van der Waals surface area (Å²) >= 11 is 0. The van der Waals surface area contributed by atoms with Crippen LogP contribution >= 0.6 is 0 Å². The maximum atomic E-state index is 12.9. The van der Waals surface area contributed by atoms with Gasteiger partial charge in [0.1, 0.15) is 5.75 Å². The molecule has 25 heavy (non-hydrogen) atoms. The largest absolute Gasteiger partial charge is 0.493 e. The quantitative estimate of drug-likeness (QED) is 0.723. The molecule has 0 saturated heterocycles. The number of ether oxygens (including phenoxy) is 1. The first kappa shape index (κ1) is 18.5. The van der Waals surface area contributed by atoms with Crippen LogP contribution in [0.25, 0.3) is 0 Å². The molecule has 1 amide bonds. The van der Waals surface area contributed by atoms with Crippen molar-refractivity contribution in [2.45, 2.75) is 26.8 Å². The molecular weight excluding hydrogens is 312 g/mol. The summed E-state index contributed by atoms with van der Waals surface area (Å²) in [7, 11) is 0. The summed E-state index contributed by atoms with van der Waals surface area (Å²) < 4.78 is 5.71. The number of hydrogen-bond acceptors (Lipinski definition) is 3. The van der Waals surface area contributed by atoms with E-state index in [2.05, 4.69) is 19.9 Å². The molecule has 0 bridgehead atoms. The van der Waals surface area contributed by atoms with Crippen LogP contribution in [0.15, 0.2) is 54.6 Å². The molecule has 0 aromatic heterocycles. The average Bonchev–Trinajstić information content (AvgIpc) is 2.64. The molecule has 0 heterocycles. The van der Waals surface area contributed by atoms with Crippen molar-refractivity contribution in [1.82, 2.24) is 4.90 Å². The van der Waals surface area contributed by atoms with E-state index in [9.17, 15) is 4.79 Å². The molecule has 0 radical (unpaired) electrons. The van der Waals surface area contributed by atoms with E-state index in [0.29, 0.717) is 43.3 Å². The second-order valence-electron chi connectivity index (χ2n) is 6.35. The van der Waals surface area contributed by atoms with Gasteiger partial charge >= 0.3 is 0 Å². The predicted octanol–water partition coefficient (Wildman–Crippen LogP) is 4.28. The topological polar surface area (TPSA) is 53.3 Å². The number of nitrogens with zero attached hydrogens (tertiary/aromatic N) is 2. The minimum absolute atomic E-state index is 0.0888. The van der Waals surface area contributed by atoms with Gasteiger partial charge in [-0.15, -0.1) is 0 Å². The summed E-state index contributed by atoms with van der Waals surface area (Å²) in [6, 6.07) is 19.2. The van der Waals surface area contributed by atoms with Gasteiger partial charge in [0.05, 0.1) is 19.1 Å². The monoisotopic (exact) mass is 336 g/mol. The Bertz CT molecular complexity index is 720. The normalized spacial score (nSPS) is 10.3. The standard InChI is InChI=1S/C21H24N2O2/c1-17(2)16-25-20-11-6-10-19(14-20)21(24)23(13-7-12-22)15-18-8-4-3-5-9-18/h3-6,8-11,14,17H,7,13,15-16H2,1-2H3. The van der Waals surface area contributed by atoms with Gasteiger partial charge < -0.3 is 9.64 Å². The number of hydrogen-bond donors (Lipinski definition) is 0. The molecule has 2 aromatic rings. The van der Waals surface area contributed by atoms with Gasteiger partial charge in [0.25, 0.3) is 5.91 Å². The molecule has 130 valence electrons. The van der Waals surface area contributed by atoms with Crippen LogP contribution in [0.1, 0.15) is 36.2 Å². The molecule has 0 aliphatic carbocycles. The van der Waals surface area contributed by atoms with Crippen molar-refractivity contribution in [2.75, 3.05) is 13.2 Å². The van der Waals surface area contributed by atoms with Gasteiger partial charge in [-0.05, 0) is 29.7 Å². The maximum Gasteiger partial charge on any atom is 0.254 e. The summed E-state index contributed by atoms with van der Waals surface area (Å²) in [5.41, 5.74) is 1.62. The Labute approximate surface area is 149 Å². The third-order valence-corrected chi connectivity index (χ3v) is 3.66. The number of benzene rings is 2. The van der Waals surface area contributed by atoms with E-state index < -0.39 is 0 Å². The number of carbonyl (C=O) groups excluding carboxylic acids is 1. The number of carbonyl (C=O) groups is 1. The molecule has 2 aromatic carbocycles. The van der Waals surface area contributed by atoms with Gasteiger partial charge in [-0.2, -0.15) is 5.26 Å². The molecule has 4 nitrogen and oxygen atoms in total. The van der Waals surface area contributed by atoms with E-state index in [-0.39, 0.29) is 5.91 Å². The van der Waals surface area contributed by atoms with Crippen molar-refractivity contribution in [1.29, 1.82) is 5.26 Å². The lowest BCUT2D eigenvalue weighted by atomic mass is 10.1. The van der Waals surface area contributed by atoms with Crippen molar-refractivity contribution >= 4 is 5.91 Å². The van der Waals surface area contributed by atoms with E-state index >= 15 is 0 Å². The Kier molecular flexibility index (Phi) is 7.03. The Morgan fingerprint density at radius 2 is 1.92 bits per heavy atom. The van der Waals surface area contributed by atoms with Crippen LogP contribution in [-0.2, 0) is 6.54 Å². The van der Waals surface area contributed by atoms with Crippen molar-refractivity contribution in [3.8, 4) is 11.8 Å². The van der Waals surface area contributed by atoms with Crippen LogP contribution in [0, 0.1) is 17.2 Å². The third-order valence-electron chi connectivity index (χ3n) is 3.66. The third kappa shape index (κ3) is 5.96. The highest BCUT2D eigenvalue weighted by molar-refractivity contribution is 5.94. The van der Waals surface area contributed by atoms with Gasteiger partial charge in [-0.1, -0.05) is 50.2 Å². The van der Waals surface area contributed by atoms with Crippen molar-refractivity contribution in [2.24, 2.45) is 5.92 Å². The highest BCUT2D eigenvalue weighted by atomic mass is 16.5. The molecule has 0 aliphatic heterocycles. The fourth-order valence-electron chi connectivity index (χ4n) is 2.41. The maximum absolute atomic E-state index is 12.9. The first-order valence-electron chi connectivity index (χ1n) is 8.53. The molecule has 0 unspecified atom stereocenters. The minimum Gasteiger partial charge on any atom is -0.493 e. The molecule has 0 N–H and O–H groups in total. The first-order chi connectivity index (χ1) is 12.1. The Morgan fingerprint density at radius 3 is 2.60 bits per heavy atom. The van der Waals surface area contributed by atoms with Crippen molar-refractivity contribution in [3.63, 3.8) is 0 Å². The van der Waals surface area contributed by atoms with Crippen molar-refractivity contribution < 1.29 is 9.53 Å². The second kappa shape index (κ2) is 9.48. The predicted molar refractivity (Wildman–Crippen MR) is 98.2 cm³/mol. The summed E-state index contributed by atoms with van der Waals surface area (Å²) in [5.74, 6) is 1.03. The van der Waals surface area contributed by atoms with Gasteiger partial charge in [0.15, 0.2) is 0 Å². The molecule has 4 heteroatoms. The van der Waals surface area contributed by atoms with Crippen LogP contribution in [-0.4, -0.2) is 24.0 Å². The van der Waals surface area contributed by atoms with Crippen LogP contribution in [0.4, 0.5) is 0 Å². The Morgan fingerprint density at radius 1 is 1.16 bits per heavy atom. The lowest BCUT2D eigenvalue weighted by Crippen LogP contribution is -2.31. The SMILES string of the molecule is CC(C)COc1cccc(C(=O)N(CCC#N)Cc2ccccc2)c1. The summed E-state index contributed by atoms with van der Waals surface area (Å²) in [6.07, 6.45) is 0.308. The zero-order valence-electron chi connectivity index (χ0n) is 14.8. The lowest BCUT2D eigenvalue weighted by Gasteiger charge is -2.22. The molecule has 0 saturated carbocycles. The van der Waals surface area contributed by atoms with Crippen LogP contribution in [0.3, 0.4) is 0 Å². The van der Waals surface area contributed by atoms with Gasteiger partial charge in [0, 0.05) is 18.7 Å². The summed E-state index contributed by atoms with van der Waals surface area (Å²) in [5, 5.41) is 8.89. The van der Waals surface area contributed by atoms with Crippen molar-refractivity contribution in [3.05, 3.63) is 65.7 Å². The molecule has 0 spiro atoms. The van der Waals surface area contributed by atoms with Crippen LogP contribution in [0.5, 0.6) is 5.75 Å². The molecular formula is C21H24N2O2. The first-order valence-corrected chi connectivity index (χ1v) is 8.53. The molecule has 0 fully saturated rings. The fraction of sp³-hybridized carbons (Fsp3) is 0.333. The molecule has 0 aliphatic rings. The minimum atomic E-state index is -0.0888. The highest BCUT2D eigenvalue weighted by Gasteiger charge is 2.16. The second-order valence-corrected chi connectivity index (χ2v) is 6.35. The zero-order chi connectivity index (χ0) is 18.1. The van der Waals surface area contributed by atoms with E-state index in [1.165, 1.54) is 0 Å². The Hall–Kier alpha value is -2.80. The van der Waals surface area contributed by atoms with E-state index in [1.54, 1.807) is 17.0 Å². The number of amides is 1. The lowest BCUT2D eigenvalue weighted by molar-refractivity contribution is 0.0746. The average molecular weight is 336 g/mol. The van der Waals surface area contributed by atoms with E-state index in [0.717, 1.165) is 5.56 Å². The van der Waals surface area contributed by atoms with E-state index in [4.69, 9.17) is 10.00 Å². The van der Waals surface area contributed by atoms with Crippen LogP contribution in [0.2, 0.25) is 0 Å². The van der Waals surface area contributed by atoms with Gasteiger partial charge in [0.2, 0.25) is 0 Å². The summed E-state index contributed by atoms with van der Waals surface area (Å²) in [4.78, 5) is 14.6. The van der Waals surface area contributed by atoms with Gasteiger partial charge in [-0.3, -0.25) is 4.79 Å². The fourth-order valence-corrected chi connectivity index (χ4v) is 2.41. The number of rotatable bonds is 8. The molecule has 2 rings (SSSR count). The van der Waals surface area contributed by atoms with E-state index in [1.807, 2.05) is 42.5 Å². The zero-order valence-corrected chi connectivity index (χ0v) is 14.8. The Balaban J connectivity index is 2.15. The smallest absolute Gasteiger partial charge is 0.254 e. The van der Waals surface area contributed by atoms with Gasteiger partial charge in [-0.25, -0.2) is 0 Å². The highest BCUT2D eigenvalue weighted by Crippen LogP contribution is 2.17.